The fourth-order valence-corrected chi connectivity index (χ4v) is 2.66. The van der Waals surface area contributed by atoms with Gasteiger partial charge in [-0.15, -0.1) is 0 Å². The molecule has 1 aliphatic rings. The second-order valence-electron chi connectivity index (χ2n) is 6.08. The van der Waals surface area contributed by atoms with Crippen LogP contribution in [0.5, 0.6) is 5.75 Å². The number of para-hydroxylation sites is 2. The predicted molar refractivity (Wildman–Crippen MR) is 100 cm³/mol. The Bertz CT molecular complexity index is 940. The lowest BCUT2D eigenvalue weighted by atomic mass is 10.1. The van der Waals surface area contributed by atoms with Crippen molar-refractivity contribution in [2.75, 3.05) is 30.0 Å². The van der Waals surface area contributed by atoms with Gasteiger partial charge in [0, 0.05) is 5.56 Å². The van der Waals surface area contributed by atoms with Crippen molar-refractivity contribution < 1.29 is 28.7 Å². The molecule has 8 heteroatoms. The van der Waals surface area contributed by atoms with Gasteiger partial charge in [0.25, 0.3) is 5.91 Å². The molecule has 0 bridgehead atoms. The Balaban J connectivity index is 1.54. The van der Waals surface area contributed by atoms with E-state index in [1.165, 1.54) is 17.9 Å². The summed E-state index contributed by atoms with van der Waals surface area (Å²) in [6.07, 6.45) is 0. The molecule has 0 spiro atoms. The number of amides is 2. The summed E-state index contributed by atoms with van der Waals surface area (Å²) in [6.45, 7) is 0.350. The number of carbonyl (C=O) groups excluding carboxylic acids is 4. The largest absolute Gasteiger partial charge is 0.482 e. The molecule has 2 amide bonds. The van der Waals surface area contributed by atoms with Gasteiger partial charge in [-0.3, -0.25) is 19.3 Å². The van der Waals surface area contributed by atoms with Crippen molar-refractivity contribution in [2.24, 2.45) is 0 Å². The van der Waals surface area contributed by atoms with Crippen LogP contribution in [-0.2, 0) is 19.1 Å². The van der Waals surface area contributed by atoms with Gasteiger partial charge in [-0.25, -0.2) is 4.79 Å². The SMILES string of the molecule is CC(=O)c1cccc(OCC(=O)OCC(=O)N2CC(=O)Nc3ccccc32)c1. The number of fused-ring (bicyclic) bond motifs is 1. The first kappa shape index (κ1) is 19.1. The average Bonchev–Trinajstić information content (AvgIpc) is 2.70. The molecular weight excluding hydrogens is 364 g/mol. The zero-order valence-electron chi connectivity index (χ0n) is 15.1. The number of rotatable bonds is 6. The van der Waals surface area contributed by atoms with Gasteiger partial charge in [-0.1, -0.05) is 24.3 Å². The summed E-state index contributed by atoms with van der Waals surface area (Å²) >= 11 is 0. The third-order valence-electron chi connectivity index (χ3n) is 4.03. The Labute approximate surface area is 161 Å². The number of benzene rings is 2. The Morgan fingerprint density at radius 1 is 1.07 bits per heavy atom. The molecule has 0 saturated carbocycles. The molecule has 0 fully saturated rings. The minimum absolute atomic E-state index is 0.121. The second-order valence-corrected chi connectivity index (χ2v) is 6.08. The number of hydrogen-bond donors (Lipinski definition) is 1. The summed E-state index contributed by atoms with van der Waals surface area (Å²) in [7, 11) is 0. The minimum atomic E-state index is -0.740. The quantitative estimate of drug-likeness (QED) is 0.604. The lowest BCUT2D eigenvalue weighted by Crippen LogP contribution is -2.44. The van der Waals surface area contributed by atoms with Crippen molar-refractivity contribution in [1.29, 1.82) is 0 Å². The first-order valence-electron chi connectivity index (χ1n) is 8.52. The van der Waals surface area contributed by atoms with Crippen molar-refractivity contribution in [3.8, 4) is 5.75 Å². The zero-order chi connectivity index (χ0) is 20.1. The van der Waals surface area contributed by atoms with Crippen molar-refractivity contribution in [1.82, 2.24) is 0 Å². The van der Waals surface area contributed by atoms with Crippen LogP contribution in [0, 0.1) is 0 Å². The number of nitrogens with one attached hydrogen (secondary N) is 1. The van der Waals surface area contributed by atoms with Crippen molar-refractivity contribution in [2.45, 2.75) is 6.92 Å². The molecule has 144 valence electrons. The van der Waals surface area contributed by atoms with Crippen LogP contribution in [0.3, 0.4) is 0 Å². The lowest BCUT2D eigenvalue weighted by Gasteiger charge is -2.28. The molecule has 0 atom stereocenters. The highest BCUT2D eigenvalue weighted by Gasteiger charge is 2.27. The molecule has 1 heterocycles. The predicted octanol–water partition coefficient (Wildman–Crippen LogP) is 1.80. The van der Waals surface area contributed by atoms with Crippen LogP contribution in [0.2, 0.25) is 0 Å². The van der Waals surface area contributed by atoms with E-state index in [1.54, 1.807) is 42.5 Å². The third-order valence-corrected chi connectivity index (χ3v) is 4.03. The van der Waals surface area contributed by atoms with E-state index >= 15 is 0 Å². The van der Waals surface area contributed by atoms with Gasteiger partial charge >= 0.3 is 5.97 Å². The topological polar surface area (TPSA) is 102 Å². The maximum absolute atomic E-state index is 12.4. The number of Topliss-reactive ketones (excluding diaryl/α,β-unsaturated/α-hetero) is 1. The summed E-state index contributed by atoms with van der Waals surface area (Å²) in [6, 6.07) is 13.3. The molecule has 0 unspecified atom stereocenters. The van der Waals surface area contributed by atoms with Crippen molar-refractivity contribution >= 4 is 34.9 Å². The van der Waals surface area contributed by atoms with Gasteiger partial charge < -0.3 is 14.8 Å². The molecule has 1 N–H and O–H groups in total. The van der Waals surface area contributed by atoms with E-state index in [2.05, 4.69) is 5.32 Å². The smallest absolute Gasteiger partial charge is 0.344 e. The fraction of sp³-hybridized carbons (Fsp3) is 0.200. The van der Waals surface area contributed by atoms with E-state index < -0.39 is 25.1 Å². The number of nitrogens with zero attached hydrogens (tertiary/aromatic N) is 1. The second kappa shape index (κ2) is 8.34. The van der Waals surface area contributed by atoms with Gasteiger partial charge in [-0.05, 0) is 31.2 Å². The Kier molecular flexibility index (Phi) is 5.69. The van der Waals surface area contributed by atoms with Crippen LogP contribution < -0.4 is 15.0 Å². The van der Waals surface area contributed by atoms with Crippen LogP contribution in [-0.4, -0.2) is 43.3 Å². The molecule has 0 radical (unpaired) electrons. The summed E-state index contributed by atoms with van der Waals surface area (Å²) in [5.74, 6) is -1.36. The summed E-state index contributed by atoms with van der Waals surface area (Å²) in [5, 5.41) is 2.68. The van der Waals surface area contributed by atoms with Gasteiger partial charge in [-0.2, -0.15) is 0 Å². The van der Waals surface area contributed by atoms with Crippen LogP contribution in [0.1, 0.15) is 17.3 Å². The van der Waals surface area contributed by atoms with Gasteiger partial charge in [0.1, 0.15) is 12.3 Å². The van der Waals surface area contributed by atoms with Crippen LogP contribution in [0.4, 0.5) is 11.4 Å². The first-order chi connectivity index (χ1) is 13.4. The maximum Gasteiger partial charge on any atom is 0.344 e. The van der Waals surface area contributed by atoms with Gasteiger partial charge in [0.05, 0.1) is 11.4 Å². The Morgan fingerprint density at radius 2 is 1.86 bits per heavy atom. The molecule has 0 aliphatic carbocycles. The minimum Gasteiger partial charge on any atom is -0.482 e. The monoisotopic (exact) mass is 382 g/mol. The number of carbonyl (C=O) groups is 4. The molecule has 3 rings (SSSR count). The van der Waals surface area contributed by atoms with E-state index in [0.717, 1.165) is 0 Å². The molecule has 0 aromatic heterocycles. The number of ether oxygens (including phenoxy) is 2. The summed E-state index contributed by atoms with van der Waals surface area (Å²) < 4.78 is 10.2. The number of esters is 1. The van der Waals surface area contributed by atoms with Gasteiger partial charge in [0.2, 0.25) is 5.91 Å². The van der Waals surface area contributed by atoms with Crippen LogP contribution >= 0.6 is 0 Å². The fourth-order valence-electron chi connectivity index (χ4n) is 2.66. The van der Waals surface area contributed by atoms with E-state index in [9.17, 15) is 19.2 Å². The molecule has 28 heavy (non-hydrogen) atoms. The zero-order valence-corrected chi connectivity index (χ0v) is 15.1. The highest BCUT2D eigenvalue weighted by atomic mass is 16.6. The summed E-state index contributed by atoms with van der Waals surface area (Å²) in [5.41, 5.74) is 1.52. The summed E-state index contributed by atoms with van der Waals surface area (Å²) in [4.78, 5) is 48.6. The molecular formula is C20H18N2O6. The van der Waals surface area contributed by atoms with Crippen molar-refractivity contribution in [3.63, 3.8) is 0 Å². The molecule has 8 nitrogen and oxygen atoms in total. The van der Waals surface area contributed by atoms with Crippen molar-refractivity contribution in [3.05, 3.63) is 54.1 Å². The highest BCUT2D eigenvalue weighted by molar-refractivity contribution is 6.10. The lowest BCUT2D eigenvalue weighted by molar-refractivity contribution is -0.149. The molecule has 0 saturated heterocycles. The van der Waals surface area contributed by atoms with Gasteiger partial charge in [0.15, 0.2) is 19.0 Å². The third kappa shape index (κ3) is 4.53. The maximum atomic E-state index is 12.4. The molecule has 2 aromatic carbocycles. The van der Waals surface area contributed by atoms with E-state index in [4.69, 9.17) is 9.47 Å². The average molecular weight is 382 g/mol. The molecule has 2 aromatic rings. The number of ketones is 1. The highest BCUT2D eigenvalue weighted by Crippen LogP contribution is 2.28. The number of anilines is 2. The van der Waals surface area contributed by atoms with Crippen LogP contribution in [0.15, 0.2) is 48.5 Å². The number of hydrogen-bond acceptors (Lipinski definition) is 6. The standard InChI is InChI=1S/C20H18N2O6/c1-13(23)14-5-4-6-15(9-14)27-12-20(26)28-11-19(25)22-10-18(24)21-16-7-2-3-8-17(16)22/h2-9H,10-12H2,1H3,(H,21,24). The molecule has 1 aliphatic heterocycles. The van der Waals surface area contributed by atoms with E-state index in [0.29, 0.717) is 22.7 Å². The van der Waals surface area contributed by atoms with Crippen LogP contribution in [0.25, 0.3) is 0 Å². The normalized spacial score (nSPS) is 12.6. The Morgan fingerprint density at radius 3 is 2.64 bits per heavy atom. The first-order valence-corrected chi connectivity index (χ1v) is 8.52. The van der Waals surface area contributed by atoms with E-state index in [-0.39, 0.29) is 18.2 Å². The Hall–Kier alpha value is -3.68. The van der Waals surface area contributed by atoms with E-state index in [1.807, 2.05) is 0 Å².